The van der Waals surface area contributed by atoms with Gasteiger partial charge in [-0.2, -0.15) is 0 Å². The Morgan fingerprint density at radius 1 is 0.800 bits per heavy atom. The van der Waals surface area contributed by atoms with Gasteiger partial charge in [0, 0.05) is 39.7 Å². The van der Waals surface area contributed by atoms with Crippen LogP contribution in [0, 0.1) is 11.8 Å². The van der Waals surface area contributed by atoms with Crippen molar-refractivity contribution < 1.29 is 14.4 Å². The average molecular weight is 586 g/mol. The molecule has 1 amide bonds. The molecule has 0 saturated carbocycles. The maximum Gasteiger partial charge on any atom is 0.241 e. The third-order valence-corrected chi connectivity index (χ3v) is 7.75. The molecule has 7 N–H and O–H groups in total. The van der Waals surface area contributed by atoms with Crippen molar-refractivity contribution in [3.8, 4) is 0 Å². The second-order valence-corrected chi connectivity index (χ2v) is 12.1. The standard InChI is InChI=1S/C28H39N7O3S2/c1-16(2)26(36)22-14-39-24(34-22)12-31-18-9-19(32-13-25-35-23(15-40-25)27(37)17(3)4)11-20(10-18)33-28(38)21(30)7-5-6-8-29/h9-11,14-17,21,31-32H,5-8,12-13,29-30H2,1-4H3,(H,33,38)/t21-/m0/s1. The Kier molecular flexibility index (Phi) is 11.7. The lowest BCUT2D eigenvalue weighted by molar-refractivity contribution is -0.117. The fraction of sp³-hybridized carbons (Fsp3) is 0.464. The average Bonchev–Trinajstić information content (AvgIpc) is 3.60. The highest BCUT2D eigenvalue weighted by atomic mass is 32.1. The van der Waals surface area contributed by atoms with Crippen LogP contribution in [0.3, 0.4) is 0 Å². The van der Waals surface area contributed by atoms with Crippen molar-refractivity contribution in [3.63, 3.8) is 0 Å². The highest BCUT2D eigenvalue weighted by Gasteiger charge is 2.17. The molecular formula is C28H39N7O3S2. The number of carbonyl (C=O) groups is 3. The molecule has 0 radical (unpaired) electrons. The van der Waals surface area contributed by atoms with Crippen molar-refractivity contribution >= 4 is 57.2 Å². The van der Waals surface area contributed by atoms with Gasteiger partial charge in [-0.15, -0.1) is 22.7 Å². The lowest BCUT2D eigenvalue weighted by atomic mass is 10.1. The van der Waals surface area contributed by atoms with Crippen LogP contribution in [0.25, 0.3) is 0 Å². The zero-order valence-electron chi connectivity index (χ0n) is 23.5. The van der Waals surface area contributed by atoms with Crippen LogP contribution in [0.1, 0.15) is 77.9 Å². The first-order valence-electron chi connectivity index (χ1n) is 13.4. The molecule has 0 spiro atoms. The van der Waals surface area contributed by atoms with Crippen molar-refractivity contribution in [3.05, 3.63) is 50.4 Å². The summed E-state index contributed by atoms with van der Waals surface area (Å²) in [5.74, 6) is -0.468. The van der Waals surface area contributed by atoms with Crippen molar-refractivity contribution in [1.29, 1.82) is 0 Å². The summed E-state index contributed by atoms with van der Waals surface area (Å²) >= 11 is 2.84. The van der Waals surface area contributed by atoms with Gasteiger partial charge in [0.25, 0.3) is 0 Å². The van der Waals surface area contributed by atoms with Crippen LogP contribution in [0.15, 0.2) is 29.0 Å². The molecular weight excluding hydrogens is 546 g/mol. The molecule has 0 aliphatic rings. The predicted molar refractivity (Wildman–Crippen MR) is 163 cm³/mol. The number of hydrogen-bond acceptors (Lipinski definition) is 11. The van der Waals surface area contributed by atoms with Crippen LogP contribution in [-0.4, -0.2) is 40.0 Å². The first-order chi connectivity index (χ1) is 19.1. The summed E-state index contributed by atoms with van der Waals surface area (Å²) in [7, 11) is 0. The lowest BCUT2D eigenvalue weighted by Gasteiger charge is -2.15. The molecule has 40 heavy (non-hydrogen) atoms. The number of carbonyl (C=O) groups excluding carboxylic acids is 3. The van der Waals surface area contributed by atoms with E-state index in [4.69, 9.17) is 11.5 Å². The monoisotopic (exact) mass is 585 g/mol. The quantitative estimate of drug-likeness (QED) is 0.116. The van der Waals surface area contributed by atoms with Gasteiger partial charge in [-0.3, -0.25) is 14.4 Å². The van der Waals surface area contributed by atoms with Gasteiger partial charge in [-0.1, -0.05) is 34.1 Å². The Bertz CT molecular complexity index is 1220. The van der Waals surface area contributed by atoms with Gasteiger partial charge in [-0.25, -0.2) is 9.97 Å². The summed E-state index contributed by atoms with van der Waals surface area (Å²) in [6.45, 7) is 8.81. The molecule has 1 aromatic carbocycles. The van der Waals surface area contributed by atoms with Crippen LogP contribution in [0.5, 0.6) is 0 Å². The summed E-state index contributed by atoms with van der Waals surface area (Å²) in [5, 5.41) is 14.7. The molecule has 1 atom stereocenters. The van der Waals surface area contributed by atoms with Crippen LogP contribution in [0.4, 0.5) is 17.1 Å². The topological polar surface area (TPSA) is 165 Å². The maximum absolute atomic E-state index is 12.7. The zero-order chi connectivity index (χ0) is 29.2. The van der Waals surface area contributed by atoms with Gasteiger partial charge in [0.15, 0.2) is 11.6 Å². The van der Waals surface area contributed by atoms with Crippen molar-refractivity contribution in [2.24, 2.45) is 23.3 Å². The summed E-state index contributed by atoms with van der Waals surface area (Å²) < 4.78 is 0. The number of amides is 1. The van der Waals surface area contributed by atoms with Crippen LogP contribution in [-0.2, 0) is 17.9 Å². The second kappa shape index (κ2) is 15.0. The predicted octanol–water partition coefficient (Wildman–Crippen LogP) is 4.90. The zero-order valence-corrected chi connectivity index (χ0v) is 25.1. The van der Waals surface area contributed by atoms with Gasteiger partial charge in [-0.05, 0) is 37.6 Å². The van der Waals surface area contributed by atoms with E-state index in [2.05, 4.69) is 25.9 Å². The van der Waals surface area contributed by atoms with Gasteiger partial charge in [0.2, 0.25) is 5.91 Å². The number of nitrogens with one attached hydrogen (secondary N) is 3. The number of Topliss-reactive ketones (excluding diaryl/α,β-unsaturated/α-hetero) is 2. The number of nitrogens with two attached hydrogens (primary N) is 2. The molecule has 0 aliphatic heterocycles. The number of ketones is 2. The summed E-state index contributed by atoms with van der Waals surface area (Å²) in [6, 6.07) is 4.93. The van der Waals surface area contributed by atoms with E-state index in [0.29, 0.717) is 43.1 Å². The van der Waals surface area contributed by atoms with Crippen LogP contribution < -0.4 is 27.4 Å². The molecule has 12 heteroatoms. The van der Waals surface area contributed by atoms with Crippen LogP contribution >= 0.6 is 22.7 Å². The number of nitrogens with zero attached hydrogens (tertiary/aromatic N) is 2. The van der Waals surface area contributed by atoms with E-state index in [1.165, 1.54) is 22.7 Å². The van der Waals surface area contributed by atoms with Crippen molar-refractivity contribution in [2.45, 2.75) is 66.1 Å². The van der Waals surface area contributed by atoms with Crippen molar-refractivity contribution in [2.75, 3.05) is 22.5 Å². The van der Waals surface area contributed by atoms with Crippen molar-refractivity contribution in [1.82, 2.24) is 9.97 Å². The molecule has 0 aliphatic carbocycles. The molecule has 10 nitrogen and oxygen atoms in total. The van der Waals surface area contributed by atoms with E-state index in [1.807, 2.05) is 45.9 Å². The highest BCUT2D eigenvalue weighted by Crippen LogP contribution is 2.25. The largest absolute Gasteiger partial charge is 0.378 e. The number of unbranched alkanes of at least 4 members (excludes halogenated alkanes) is 1. The Balaban J connectivity index is 1.74. The summed E-state index contributed by atoms with van der Waals surface area (Å²) in [4.78, 5) is 46.2. The molecule has 0 unspecified atom stereocenters. The number of aromatic nitrogens is 2. The molecule has 0 saturated heterocycles. The molecule has 0 fully saturated rings. The molecule has 0 bridgehead atoms. The van der Waals surface area contributed by atoms with E-state index < -0.39 is 6.04 Å². The van der Waals surface area contributed by atoms with E-state index in [-0.39, 0.29) is 29.3 Å². The fourth-order valence-electron chi connectivity index (χ4n) is 3.74. The summed E-state index contributed by atoms with van der Waals surface area (Å²) in [5.41, 5.74) is 14.7. The number of hydrogen-bond donors (Lipinski definition) is 5. The number of thiazole rings is 2. The normalized spacial score (nSPS) is 12.0. The maximum atomic E-state index is 12.7. The minimum absolute atomic E-state index is 0.0157. The molecule has 3 aromatic rings. The van der Waals surface area contributed by atoms with E-state index in [9.17, 15) is 14.4 Å². The minimum Gasteiger partial charge on any atom is -0.378 e. The minimum atomic E-state index is -0.640. The molecule has 216 valence electrons. The van der Waals surface area contributed by atoms with E-state index in [1.54, 1.807) is 10.8 Å². The lowest BCUT2D eigenvalue weighted by Crippen LogP contribution is -2.35. The number of rotatable bonds is 16. The molecule has 3 rings (SSSR count). The van der Waals surface area contributed by atoms with Gasteiger partial charge >= 0.3 is 0 Å². The Labute approximate surface area is 243 Å². The summed E-state index contributed by atoms with van der Waals surface area (Å²) in [6.07, 6.45) is 2.15. The number of benzene rings is 1. The third kappa shape index (κ3) is 9.19. The molecule has 2 aromatic heterocycles. The first kappa shape index (κ1) is 31.3. The van der Waals surface area contributed by atoms with Gasteiger partial charge in [0.05, 0.1) is 19.1 Å². The Morgan fingerprint density at radius 2 is 1.27 bits per heavy atom. The Hall–Kier alpha value is -3.19. The smallest absolute Gasteiger partial charge is 0.241 e. The van der Waals surface area contributed by atoms with Gasteiger partial charge in [0.1, 0.15) is 21.4 Å². The number of anilines is 3. The van der Waals surface area contributed by atoms with Gasteiger partial charge < -0.3 is 27.4 Å². The first-order valence-corrected chi connectivity index (χ1v) is 15.2. The third-order valence-electron chi connectivity index (χ3n) is 6.05. The SMILES string of the molecule is CC(C)C(=O)c1csc(CNc2cc(NCc3nc(C(=O)C(C)C)cs3)cc(NC(=O)[C@@H](N)CCCCN)c2)n1. The highest BCUT2D eigenvalue weighted by molar-refractivity contribution is 7.10. The Morgan fingerprint density at radius 3 is 1.73 bits per heavy atom. The molecule has 2 heterocycles. The van der Waals surface area contributed by atoms with E-state index in [0.717, 1.165) is 34.2 Å². The van der Waals surface area contributed by atoms with Crippen LogP contribution in [0.2, 0.25) is 0 Å². The second-order valence-electron chi connectivity index (χ2n) is 10.2. The fourth-order valence-corrected chi connectivity index (χ4v) is 5.18. The van der Waals surface area contributed by atoms with E-state index >= 15 is 0 Å².